The molecule has 0 saturated carbocycles. The van der Waals surface area contributed by atoms with Gasteiger partial charge in [0.25, 0.3) is 0 Å². The van der Waals surface area contributed by atoms with Gasteiger partial charge in [-0.1, -0.05) is 0 Å². The largest absolute Gasteiger partial charge is 0.490 e. The van der Waals surface area contributed by atoms with E-state index in [1.807, 2.05) is 0 Å². The molecule has 3 atom stereocenters. The molecule has 0 saturated heterocycles. The van der Waals surface area contributed by atoms with Gasteiger partial charge in [-0.25, -0.2) is 8.78 Å². The van der Waals surface area contributed by atoms with Crippen molar-refractivity contribution in [3.8, 4) is 5.75 Å². The van der Waals surface area contributed by atoms with E-state index in [0.717, 1.165) is 36.0 Å². The summed E-state index contributed by atoms with van der Waals surface area (Å²) in [7, 11) is 0. The number of benzene rings is 2. The van der Waals surface area contributed by atoms with Crippen LogP contribution in [0.25, 0.3) is 0 Å². The van der Waals surface area contributed by atoms with E-state index in [4.69, 9.17) is 14.6 Å². The van der Waals surface area contributed by atoms with Crippen molar-refractivity contribution >= 4 is 11.8 Å². The highest BCUT2D eigenvalue weighted by atomic mass is 32.2. The van der Waals surface area contributed by atoms with Crippen LogP contribution in [0.1, 0.15) is 23.3 Å². The monoisotopic (exact) mass is 434 g/mol. The van der Waals surface area contributed by atoms with Crippen LogP contribution in [0.15, 0.2) is 41.3 Å². The van der Waals surface area contributed by atoms with Crippen molar-refractivity contribution in [1.29, 1.82) is 0 Å². The molecule has 0 bridgehead atoms. The molecule has 0 aliphatic carbocycles. The predicted octanol–water partition coefficient (Wildman–Crippen LogP) is 5.22. The van der Waals surface area contributed by atoms with E-state index in [1.54, 1.807) is 6.92 Å². The standard InChI is InChI=1S/C20H19F5O3S/c1-11(27-9-8-26)14-10-28-18-16(22)7-6-15(21)17(18)19(14)29-13-4-2-12(3-5-13)20(23,24)25/h2-7,11,14,19,26H,8-10H2,1H3/t11-,14?,19+/m1/s1. The van der Waals surface area contributed by atoms with Gasteiger partial charge in [-0.2, -0.15) is 13.2 Å². The van der Waals surface area contributed by atoms with E-state index in [2.05, 4.69) is 0 Å². The number of hydrogen-bond donors (Lipinski definition) is 1. The van der Waals surface area contributed by atoms with Crippen LogP contribution in [0, 0.1) is 17.6 Å². The molecule has 1 N–H and O–H groups in total. The lowest BCUT2D eigenvalue weighted by Gasteiger charge is -2.36. The van der Waals surface area contributed by atoms with Gasteiger partial charge in [0, 0.05) is 21.6 Å². The third-order valence-electron chi connectivity index (χ3n) is 4.71. The summed E-state index contributed by atoms with van der Waals surface area (Å²) in [5.41, 5.74) is -0.770. The Labute approximate surface area is 168 Å². The highest BCUT2D eigenvalue weighted by Gasteiger charge is 2.39. The van der Waals surface area contributed by atoms with Crippen molar-refractivity contribution in [3.63, 3.8) is 0 Å². The maximum absolute atomic E-state index is 14.6. The van der Waals surface area contributed by atoms with Gasteiger partial charge >= 0.3 is 6.18 Å². The third kappa shape index (κ3) is 4.84. The molecule has 1 aliphatic heterocycles. The van der Waals surface area contributed by atoms with E-state index in [-0.39, 0.29) is 31.1 Å². The molecule has 2 aromatic rings. The zero-order valence-electron chi connectivity index (χ0n) is 15.4. The molecule has 9 heteroatoms. The zero-order valence-corrected chi connectivity index (χ0v) is 16.2. The first-order valence-corrected chi connectivity index (χ1v) is 9.77. The number of thioether (sulfide) groups is 1. The quantitative estimate of drug-likeness (QED) is 0.633. The van der Waals surface area contributed by atoms with Gasteiger partial charge in [0.2, 0.25) is 0 Å². The number of hydrogen-bond acceptors (Lipinski definition) is 4. The summed E-state index contributed by atoms with van der Waals surface area (Å²) < 4.78 is 78.2. The Morgan fingerprint density at radius 3 is 2.41 bits per heavy atom. The first kappa shape index (κ1) is 21.9. The number of aliphatic hydroxyl groups excluding tert-OH is 1. The average Bonchev–Trinajstić information content (AvgIpc) is 2.68. The second-order valence-corrected chi connectivity index (χ2v) is 7.82. The van der Waals surface area contributed by atoms with Crippen molar-refractivity contribution in [2.24, 2.45) is 5.92 Å². The molecule has 1 unspecified atom stereocenters. The molecule has 1 heterocycles. The number of aliphatic hydroxyl groups is 1. The number of halogens is 5. The Hall–Kier alpha value is -1.84. The zero-order chi connectivity index (χ0) is 21.2. The molecular weight excluding hydrogens is 415 g/mol. The molecule has 0 spiro atoms. The topological polar surface area (TPSA) is 38.7 Å². The summed E-state index contributed by atoms with van der Waals surface area (Å²) in [4.78, 5) is 0.471. The second-order valence-electron chi connectivity index (χ2n) is 6.61. The predicted molar refractivity (Wildman–Crippen MR) is 97.9 cm³/mol. The number of fused-ring (bicyclic) bond motifs is 1. The summed E-state index contributed by atoms with van der Waals surface area (Å²) in [5, 5.41) is 8.33. The Balaban J connectivity index is 1.95. The van der Waals surface area contributed by atoms with Gasteiger partial charge in [0.1, 0.15) is 5.82 Å². The molecule has 0 fully saturated rings. The molecule has 0 amide bonds. The van der Waals surface area contributed by atoms with E-state index in [9.17, 15) is 22.0 Å². The fraction of sp³-hybridized carbons (Fsp3) is 0.400. The molecule has 3 rings (SSSR count). The van der Waals surface area contributed by atoms with Crippen LogP contribution in [0.2, 0.25) is 0 Å². The summed E-state index contributed by atoms with van der Waals surface area (Å²) in [6.45, 7) is 1.63. The van der Waals surface area contributed by atoms with Crippen LogP contribution in [0.3, 0.4) is 0 Å². The van der Waals surface area contributed by atoms with Gasteiger partial charge in [0.05, 0.1) is 31.5 Å². The molecule has 3 nitrogen and oxygen atoms in total. The van der Waals surface area contributed by atoms with Crippen LogP contribution in [0.5, 0.6) is 5.75 Å². The summed E-state index contributed by atoms with van der Waals surface area (Å²) in [5.74, 6) is -1.98. The van der Waals surface area contributed by atoms with Crippen molar-refractivity contribution < 1.29 is 36.5 Å². The molecule has 158 valence electrons. The average molecular weight is 434 g/mol. The van der Waals surface area contributed by atoms with Crippen LogP contribution < -0.4 is 4.74 Å². The number of rotatable bonds is 6. The van der Waals surface area contributed by atoms with Gasteiger partial charge in [-0.3, -0.25) is 0 Å². The van der Waals surface area contributed by atoms with E-state index >= 15 is 0 Å². The first-order valence-electron chi connectivity index (χ1n) is 8.89. The lowest BCUT2D eigenvalue weighted by molar-refractivity contribution is -0.137. The Bertz CT molecular complexity index is 841. The van der Waals surface area contributed by atoms with Crippen molar-refractivity contribution in [2.45, 2.75) is 29.3 Å². The lowest BCUT2D eigenvalue weighted by Crippen LogP contribution is -2.35. The van der Waals surface area contributed by atoms with E-state index in [1.165, 1.54) is 12.1 Å². The maximum Gasteiger partial charge on any atom is 0.416 e. The van der Waals surface area contributed by atoms with Crippen molar-refractivity contribution in [3.05, 3.63) is 59.2 Å². The third-order valence-corrected chi connectivity index (χ3v) is 6.09. The van der Waals surface area contributed by atoms with Gasteiger partial charge < -0.3 is 14.6 Å². The SMILES string of the molecule is C[C@@H](OCCO)C1COc2c(F)ccc(F)c2[C@H]1Sc1ccc(C(F)(F)F)cc1. The highest BCUT2D eigenvalue weighted by molar-refractivity contribution is 7.99. The number of ether oxygens (including phenoxy) is 2. The van der Waals surface area contributed by atoms with Gasteiger partial charge in [0.15, 0.2) is 11.6 Å². The van der Waals surface area contributed by atoms with Crippen molar-refractivity contribution in [2.75, 3.05) is 19.8 Å². The van der Waals surface area contributed by atoms with Gasteiger partial charge in [-0.15, -0.1) is 11.8 Å². The lowest BCUT2D eigenvalue weighted by atomic mass is 9.91. The summed E-state index contributed by atoms with van der Waals surface area (Å²) in [6.07, 6.45) is -4.93. The Morgan fingerprint density at radius 2 is 1.79 bits per heavy atom. The molecule has 0 radical (unpaired) electrons. The maximum atomic E-state index is 14.6. The molecule has 2 aromatic carbocycles. The van der Waals surface area contributed by atoms with E-state index in [0.29, 0.717) is 4.90 Å². The Kier molecular flexibility index (Phi) is 6.70. The summed E-state index contributed by atoms with van der Waals surface area (Å²) >= 11 is 1.12. The van der Waals surface area contributed by atoms with Gasteiger partial charge in [-0.05, 0) is 43.3 Å². The number of alkyl halides is 3. The molecular formula is C20H19F5O3S. The van der Waals surface area contributed by atoms with Crippen LogP contribution in [-0.2, 0) is 10.9 Å². The first-order chi connectivity index (χ1) is 13.7. The summed E-state index contributed by atoms with van der Waals surface area (Å²) in [6, 6.07) is 6.47. The smallest absolute Gasteiger partial charge is 0.416 e. The van der Waals surface area contributed by atoms with Crippen molar-refractivity contribution in [1.82, 2.24) is 0 Å². The highest BCUT2D eigenvalue weighted by Crippen LogP contribution is 2.50. The second kappa shape index (κ2) is 8.89. The van der Waals surface area contributed by atoms with Crippen LogP contribution in [-0.4, -0.2) is 31.0 Å². The molecule has 1 aliphatic rings. The minimum Gasteiger partial charge on any atom is -0.490 e. The Morgan fingerprint density at radius 1 is 1.14 bits per heavy atom. The normalized spacial score (nSPS) is 20.1. The molecule has 29 heavy (non-hydrogen) atoms. The van der Waals surface area contributed by atoms with Crippen LogP contribution >= 0.6 is 11.8 Å². The fourth-order valence-electron chi connectivity index (χ4n) is 3.20. The van der Waals surface area contributed by atoms with Crippen LogP contribution in [0.4, 0.5) is 22.0 Å². The molecule has 0 aromatic heterocycles. The minimum atomic E-state index is -4.46. The minimum absolute atomic E-state index is 0.0191. The van der Waals surface area contributed by atoms with E-state index < -0.39 is 40.6 Å². The fourth-order valence-corrected chi connectivity index (χ4v) is 4.60.